The van der Waals surface area contributed by atoms with E-state index < -0.39 is 11.6 Å². The molecule has 1 aromatic rings. The van der Waals surface area contributed by atoms with Crippen LogP contribution in [-0.4, -0.2) is 29.6 Å². The van der Waals surface area contributed by atoms with Crippen LogP contribution in [0.2, 0.25) is 0 Å². The summed E-state index contributed by atoms with van der Waals surface area (Å²) >= 11 is 0. The van der Waals surface area contributed by atoms with Crippen molar-refractivity contribution in [2.24, 2.45) is 0 Å². The van der Waals surface area contributed by atoms with Crippen LogP contribution in [0, 0.1) is 11.6 Å². The third-order valence-electron chi connectivity index (χ3n) is 4.21. The predicted molar refractivity (Wildman–Crippen MR) is 82.2 cm³/mol. The Morgan fingerprint density at radius 1 is 1.14 bits per heavy atom. The van der Waals surface area contributed by atoms with Crippen LogP contribution in [0.3, 0.4) is 0 Å². The summed E-state index contributed by atoms with van der Waals surface area (Å²) < 4.78 is 28.3. The van der Waals surface area contributed by atoms with Crippen LogP contribution in [-0.2, 0) is 0 Å². The molecule has 2 atom stereocenters. The predicted octanol–water partition coefficient (Wildman–Crippen LogP) is 3.88. The number of rotatable bonds is 4. The molecule has 0 aliphatic carbocycles. The average Bonchev–Trinajstić information content (AvgIpc) is 2.37. The molecule has 118 valence electrons. The van der Waals surface area contributed by atoms with E-state index in [1.54, 1.807) is 0 Å². The zero-order chi connectivity index (χ0) is 15.6. The van der Waals surface area contributed by atoms with Crippen molar-refractivity contribution in [3.63, 3.8) is 0 Å². The average molecular weight is 296 g/mol. The van der Waals surface area contributed by atoms with Crippen molar-refractivity contribution in [1.82, 2.24) is 10.2 Å². The van der Waals surface area contributed by atoms with E-state index in [0.717, 1.165) is 19.4 Å². The van der Waals surface area contributed by atoms with Gasteiger partial charge in [-0.2, -0.15) is 0 Å². The number of halogens is 2. The van der Waals surface area contributed by atoms with Crippen molar-refractivity contribution in [1.29, 1.82) is 0 Å². The van der Waals surface area contributed by atoms with Gasteiger partial charge in [0.2, 0.25) is 0 Å². The van der Waals surface area contributed by atoms with Crippen LogP contribution in [0.4, 0.5) is 8.78 Å². The van der Waals surface area contributed by atoms with E-state index in [9.17, 15) is 8.78 Å². The molecule has 0 aromatic heterocycles. The number of benzene rings is 1. The summed E-state index contributed by atoms with van der Waals surface area (Å²) in [5, 5.41) is 3.51. The van der Waals surface area contributed by atoms with Crippen molar-refractivity contribution in [2.45, 2.75) is 64.7 Å². The van der Waals surface area contributed by atoms with Gasteiger partial charge in [0.05, 0.1) is 0 Å². The van der Waals surface area contributed by atoms with Crippen LogP contribution in [0.5, 0.6) is 0 Å². The molecule has 1 aliphatic rings. The summed E-state index contributed by atoms with van der Waals surface area (Å²) in [6, 6.07) is 4.91. The number of piperidine rings is 1. The number of hydrogen-bond acceptors (Lipinski definition) is 2. The van der Waals surface area contributed by atoms with Gasteiger partial charge in [0.1, 0.15) is 11.6 Å². The van der Waals surface area contributed by atoms with Crippen LogP contribution in [0.15, 0.2) is 18.2 Å². The highest BCUT2D eigenvalue weighted by Crippen LogP contribution is 2.35. The van der Waals surface area contributed by atoms with E-state index in [1.807, 2.05) is 0 Å². The third kappa shape index (κ3) is 3.80. The van der Waals surface area contributed by atoms with Crippen LogP contribution < -0.4 is 5.32 Å². The Bertz CT molecular complexity index is 454. The van der Waals surface area contributed by atoms with Crippen molar-refractivity contribution in [3.05, 3.63) is 35.4 Å². The van der Waals surface area contributed by atoms with Gasteiger partial charge in [-0.3, -0.25) is 4.90 Å². The topological polar surface area (TPSA) is 15.3 Å². The van der Waals surface area contributed by atoms with Crippen molar-refractivity contribution < 1.29 is 8.78 Å². The van der Waals surface area contributed by atoms with E-state index in [-0.39, 0.29) is 17.6 Å². The van der Waals surface area contributed by atoms with Crippen LogP contribution in [0.25, 0.3) is 0 Å². The van der Waals surface area contributed by atoms with Gasteiger partial charge in [-0.25, -0.2) is 8.78 Å². The van der Waals surface area contributed by atoms with Gasteiger partial charge in [-0.15, -0.1) is 0 Å². The second kappa shape index (κ2) is 6.84. The quantitative estimate of drug-likeness (QED) is 0.907. The molecule has 2 nitrogen and oxygen atoms in total. The summed E-state index contributed by atoms with van der Waals surface area (Å²) in [6.45, 7) is 9.24. The van der Waals surface area contributed by atoms with Crippen molar-refractivity contribution in [2.75, 3.05) is 6.54 Å². The van der Waals surface area contributed by atoms with E-state index in [0.29, 0.717) is 12.1 Å². The molecule has 1 heterocycles. The molecule has 0 amide bonds. The second-order valence-corrected chi connectivity index (χ2v) is 6.53. The molecule has 1 aliphatic heterocycles. The Labute approximate surface area is 126 Å². The molecule has 4 heteroatoms. The minimum atomic E-state index is -0.434. The standard InChI is InChI=1S/C17H26F2N2/c1-11(2)20-13-8-9-21(12(3)4)16(10-13)17-14(18)6-5-7-15(17)19/h5-7,11-13,16,20H,8-10H2,1-4H3. The number of likely N-dealkylation sites (tertiary alicyclic amines) is 1. The molecule has 0 bridgehead atoms. The zero-order valence-electron chi connectivity index (χ0n) is 13.4. The molecule has 0 saturated carbocycles. The number of hydrogen-bond donors (Lipinski definition) is 1. The number of nitrogens with one attached hydrogen (secondary N) is 1. The van der Waals surface area contributed by atoms with Crippen molar-refractivity contribution >= 4 is 0 Å². The lowest BCUT2D eigenvalue weighted by Gasteiger charge is -2.43. The van der Waals surface area contributed by atoms with E-state index in [2.05, 4.69) is 37.9 Å². The third-order valence-corrected chi connectivity index (χ3v) is 4.21. The highest BCUT2D eigenvalue weighted by atomic mass is 19.1. The van der Waals surface area contributed by atoms with E-state index in [4.69, 9.17) is 0 Å². The van der Waals surface area contributed by atoms with Gasteiger partial charge in [-0.05, 0) is 38.8 Å². The Morgan fingerprint density at radius 2 is 1.76 bits per heavy atom. The first kappa shape index (κ1) is 16.4. The summed E-state index contributed by atoms with van der Waals surface area (Å²) in [7, 11) is 0. The highest BCUT2D eigenvalue weighted by molar-refractivity contribution is 5.24. The van der Waals surface area contributed by atoms with Gasteiger partial charge in [0, 0.05) is 36.3 Å². The first-order valence-electron chi connectivity index (χ1n) is 7.85. The Hall–Kier alpha value is -1.00. The fourth-order valence-corrected chi connectivity index (χ4v) is 3.34. The fourth-order valence-electron chi connectivity index (χ4n) is 3.34. The molecular formula is C17H26F2N2. The molecule has 2 rings (SSSR count). The molecule has 1 fully saturated rings. The fraction of sp³-hybridized carbons (Fsp3) is 0.647. The van der Waals surface area contributed by atoms with Crippen molar-refractivity contribution in [3.8, 4) is 0 Å². The maximum Gasteiger partial charge on any atom is 0.130 e. The van der Waals surface area contributed by atoms with E-state index >= 15 is 0 Å². The summed E-state index contributed by atoms with van der Waals surface area (Å²) in [5.74, 6) is -0.869. The maximum absolute atomic E-state index is 14.2. The second-order valence-electron chi connectivity index (χ2n) is 6.53. The Kier molecular flexibility index (Phi) is 5.33. The smallest absolute Gasteiger partial charge is 0.130 e. The molecule has 2 unspecified atom stereocenters. The molecule has 1 N–H and O–H groups in total. The lowest BCUT2D eigenvalue weighted by atomic mass is 9.89. The SMILES string of the molecule is CC(C)NC1CCN(C(C)C)C(c2c(F)cccc2F)C1. The summed E-state index contributed by atoms with van der Waals surface area (Å²) in [6.07, 6.45) is 1.76. The minimum absolute atomic E-state index is 0.198. The Balaban J connectivity index is 2.30. The van der Waals surface area contributed by atoms with E-state index in [1.165, 1.54) is 18.2 Å². The normalized spacial score (nSPS) is 24.0. The molecular weight excluding hydrogens is 270 g/mol. The Morgan fingerprint density at radius 3 is 2.29 bits per heavy atom. The molecule has 1 aromatic carbocycles. The first-order valence-corrected chi connectivity index (χ1v) is 7.85. The summed E-state index contributed by atoms with van der Waals surface area (Å²) in [4.78, 5) is 2.21. The number of nitrogens with zero attached hydrogens (tertiary/aromatic N) is 1. The van der Waals surface area contributed by atoms with Crippen LogP contribution in [0.1, 0.15) is 52.1 Å². The molecule has 0 spiro atoms. The monoisotopic (exact) mass is 296 g/mol. The largest absolute Gasteiger partial charge is 0.312 e. The minimum Gasteiger partial charge on any atom is -0.312 e. The highest BCUT2D eigenvalue weighted by Gasteiger charge is 2.34. The molecule has 1 saturated heterocycles. The lowest BCUT2D eigenvalue weighted by Crippen LogP contribution is -2.48. The van der Waals surface area contributed by atoms with Gasteiger partial charge in [0.25, 0.3) is 0 Å². The lowest BCUT2D eigenvalue weighted by molar-refractivity contribution is 0.0857. The molecule has 0 radical (unpaired) electrons. The zero-order valence-corrected chi connectivity index (χ0v) is 13.4. The molecule has 21 heavy (non-hydrogen) atoms. The van der Waals surface area contributed by atoms with Crippen LogP contribution >= 0.6 is 0 Å². The summed E-state index contributed by atoms with van der Waals surface area (Å²) in [5.41, 5.74) is 0.224. The van der Waals surface area contributed by atoms with Gasteiger partial charge in [-0.1, -0.05) is 19.9 Å². The van der Waals surface area contributed by atoms with Gasteiger partial charge in [0.15, 0.2) is 0 Å². The maximum atomic E-state index is 14.2. The van der Waals surface area contributed by atoms with Gasteiger partial charge < -0.3 is 5.32 Å². The van der Waals surface area contributed by atoms with Gasteiger partial charge >= 0.3 is 0 Å². The first-order chi connectivity index (χ1) is 9.90.